The molecule has 0 aliphatic carbocycles. The second-order valence-corrected chi connectivity index (χ2v) is 5.54. The second kappa shape index (κ2) is 7.82. The van der Waals surface area contributed by atoms with Gasteiger partial charge < -0.3 is 15.1 Å². The molecular formula is C14H30N4O. The highest BCUT2D eigenvalue weighted by molar-refractivity contribution is 5.81. The Kier molecular flexibility index (Phi) is 6.75. The van der Waals surface area contributed by atoms with Crippen LogP contribution in [0.25, 0.3) is 0 Å². The van der Waals surface area contributed by atoms with E-state index in [1.807, 2.05) is 25.7 Å². The molecule has 1 aliphatic heterocycles. The average Bonchev–Trinajstić information content (AvgIpc) is 2.40. The van der Waals surface area contributed by atoms with E-state index in [9.17, 15) is 4.79 Å². The fourth-order valence-corrected chi connectivity index (χ4v) is 2.53. The van der Waals surface area contributed by atoms with Crippen molar-refractivity contribution < 1.29 is 4.79 Å². The minimum atomic E-state index is -0.0967. The summed E-state index contributed by atoms with van der Waals surface area (Å²) in [5.74, 6) is 0.205. The molecule has 1 rings (SSSR count). The quantitative estimate of drug-likeness (QED) is 0.742. The predicted octanol–water partition coefficient (Wildman–Crippen LogP) is 0.0787. The normalized spacial score (nSPS) is 23.3. The Balaban J connectivity index is 2.40. The molecule has 2 atom stereocenters. The molecule has 2 unspecified atom stereocenters. The molecule has 0 aromatic carbocycles. The lowest BCUT2D eigenvalue weighted by molar-refractivity contribution is -0.132. The number of piperazine rings is 1. The van der Waals surface area contributed by atoms with Crippen molar-refractivity contribution in [1.82, 2.24) is 20.0 Å². The molecule has 1 N–H and O–H groups in total. The number of likely N-dealkylation sites (N-methyl/N-ethyl adjacent to an activating group) is 3. The van der Waals surface area contributed by atoms with Gasteiger partial charge in [0.15, 0.2) is 0 Å². The third-order valence-corrected chi connectivity index (χ3v) is 4.09. The van der Waals surface area contributed by atoms with Crippen LogP contribution < -0.4 is 5.32 Å². The molecule has 1 saturated heterocycles. The van der Waals surface area contributed by atoms with Gasteiger partial charge in [0.25, 0.3) is 0 Å². The van der Waals surface area contributed by atoms with Crippen LogP contribution in [-0.4, -0.2) is 86.1 Å². The molecule has 1 heterocycles. The van der Waals surface area contributed by atoms with Crippen molar-refractivity contribution in [1.29, 1.82) is 0 Å². The fourth-order valence-electron chi connectivity index (χ4n) is 2.53. The van der Waals surface area contributed by atoms with Crippen LogP contribution in [0.2, 0.25) is 0 Å². The number of hydrogen-bond acceptors (Lipinski definition) is 4. The third-order valence-electron chi connectivity index (χ3n) is 4.09. The van der Waals surface area contributed by atoms with Crippen molar-refractivity contribution in [2.24, 2.45) is 0 Å². The van der Waals surface area contributed by atoms with E-state index in [1.54, 1.807) is 0 Å². The lowest BCUT2D eigenvalue weighted by Crippen LogP contribution is -2.56. The molecular weight excluding hydrogens is 240 g/mol. The highest BCUT2D eigenvalue weighted by atomic mass is 16.2. The minimum Gasteiger partial charge on any atom is -0.342 e. The first-order valence-electron chi connectivity index (χ1n) is 7.40. The van der Waals surface area contributed by atoms with Crippen LogP contribution in [0.3, 0.4) is 0 Å². The maximum Gasteiger partial charge on any atom is 0.239 e. The lowest BCUT2D eigenvalue weighted by atomic mass is 10.1. The van der Waals surface area contributed by atoms with Gasteiger partial charge in [-0.25, -0.2) is 0 Å². The maximum absolute atomic E-state index is 12.2. The van der Waals surface area contributed by atoms with Crippen LogP contribution in [0.5, 0.6) is 0 Å². The first-order chi connectivity index (χ1) is 8.99. The fraction of sp³-hybridized carbons (Fsp3) is 0.929. The molecule has 1 aliphatic rings. The maximum atomic E-state index is 12.2. The van der Waals surface area contributed by atoms with Crippen molar-refractivity contribution in [2.75, 3.05) is 53.4 Å². The summed E-state index contributed by atoms with van der Waals surface area (Å²) in [7, 11) is 4.32. The number of hydrogen-bond donors (Lipinski definition) is 1. The molecule has 0 bridgehead atoms. The monoisotopic (exact) mass is 270 g/mol. The molecule has 0 spiro atoms. The van der Waals surface area contributed by atoms with Gasteiger partial charge in [-0.05, 0) is 34.9 Å². The van der Waals surface area contributed by atoms with Gasteiger partial charge in [0.1, 0.15) is 0 Å². The van der Waals surface area contributed by atoms with Crippen LogP contribution in [0.1, 0.15) is 20.8 Å². The molecule has 5 heteroatoms. The zero-order chi connectivity index (χ0) is 14.4. The number of amides is 1. The van der Waals surface area contributed by atoms with E-state index in [0.29, 0.717) is 6.04 Å². The SMILES string of the molecule is CCN(CC)C(=O)C(C)NCC1CN(C)CCN1C. The Labute approximate surface area is 117 Å². The number of nitrogens with one attached hydrogen (secondary N) is 1. The first kappa shape index (κ1) is 16.4. The highest BCUT2D eigenvalue weighted by Crippen LogP contribution is 2.05. The predicted molar refractivity (Wildman–Crippen MR) is 79.3 cm³/mol. The summed E-state index contributed by atoms with van der Waals surface area (Å²) >= 11 is 0. The molecule has 19 heavy (non-hydrogen) atoms. The molecule has 0 aromatic rings. The van der Waals surface area contributed by atoms with Crippen molar-refractivity contribution in [2.45, 2.75) is 32.9 Å². The van der Waals surface area contributed by atoms with Gasteiger partial charge in [-0.3, -0.25) is 9.69 Å². The van der Waals surface area contributed by atoms with Gasteiger partial charge >= 0.3 is 0 Å². The Bertz CT molecular complexity index is 281. The van der Waals surface area contributed by atoms with Crippen molar-refractivity contribution in [3.63, 3.8) is 0 Å². The third kappa shape index (κ3) is 4.75. The van der Waals surface area contributed by atoms with E-state index in [4.69, 9.17) is 0 Å². The molecule has 1 amide bonds. The van der Waals surface area contributed by atoms with E-state index in [1.165, 1.54) is 0 Å². The second-order valence-electron chi connectivity index (χ2n) is 5.54. The molecule has 0 saturated carbocycles. The standard InChI is InChI=1S/C14H30N4O/c1-6-18(7-2)14(19)12(3)15-10-13-11-16(4)8-9-17(13)5/h12-13,15H,6-11H2,1-5H3. The van der Waals surface area contributed by atoms with E-state index in [-0.39, 0.29) is 11.9 Å². The molecule has 0 aromatic heterocycles. The number of rotatable bonds is 6. The summed E-state index contributed by atoms with van der Waals surface area (Å²) in [6, 6.07) is 0.395. The molecule has 5 nitrogen and oxygen atoms in total. The van der Waals surface area contributed by atoms with Crippen LogP contribution in [0.4, 0.5) is 0 Å². The van der Waals surface area contributed by atoms with E-state index < -0.39 is 0 Å². The van der Waals surface area contributed by atoms with Crippen LogP contribution in [-0.2, 0) is 4.79 Å². The minimum absolute atomic E-state index is 0.0967. The Morgan fingerprint density at radius 2 is 1.95 bits per heavy atom. The van der Waals surface area contributed by atoms with Crippen molar-refractivity contribution in [3.05, 3.63) is 0 Å². The Morgan fingerprint density at radius 1 is 1.32 bits per heavy atom. The topological polar surface area (TPSA) is 38.8 Å². The number of carbonyl (C=O) groups is 1. The largest absolute Gasteiger partial charge is 0.342 e. The number of carbonyl (C=O) groups excluding carboxylic acids is 1. The van der Waals surface area contributed by atoms with Gasteiger partial charge in [0, 0.05) is 45.3 Å². The smallest absolute Gasteiger partial charge is 0.239 e. The zero-order valence-electron chi connectivity index (χ0n) is 13.1. The highest BCUT2D eigenvalue weighted by Gasteiger charge is 2.24. The Morgan fingerprint density at radius 3 is 2.53 bits per heavy atom. The van der Waals surface area contributed by atoms with Crippen LogP contribution in [0.15, 0.2) is 0 Å². The molecule has 0 radical (unpaired) electrons. The van der Waals surface area contributed by atoms with Crippen LogP contribution in [0, 0.1) is 0 Å². The van der Waals surface area contributed by atoms with Gasteiger partial charge in [-0.1, -0.05) is 0 Å². The molecule has 112 valence electrons. The van der Waals surface area contributed by atoms with Crippen molar-refractivity contribution in [3.8, 4) is 0 Å². The van der Waals surface area contributed by atoms with E-state index in [0.717, 1.165) is 39.3 Å². The van der Waals surface area contributed by atoms with Crippen molar-refractivity contribution >= 4 is 5.91 Å². The summed E-state index contributed by atoms with van der Waals surface area (Å²) < 4.78 is 0. The van der Waals surface area contributed by atoms with E-state index in [2.05, 4.69) is 29.2 Å². The first-order valence-corrected chi connectivity index (χ1v) is 7.40. The van der Waals surface area contributed by atoms with Gasteiger partial charge in [0.2, 0.25) is 5.91 Å². The summed E-state index contributed by atoms with van der Waals surface area (Å²) in [5.41, 5.74) is 0. The van der Waals surface area contributed by atoms with E-state index >= 15 is 0 Å². The summed E-state index contributed by atoms with van der Waals surface area (Å²) in [6.07, 6.45) is 0. The molecule has 1 fully saturated rings. The Hall–Kier alpha value is -0.650. The average molecular weight is 270 g/mol. The summed E-state index contributed by atoms with van der Waals surface area (Å²) in [4.78, 5) is 18.8. The van der Waals surface area contributed by atoms with Crippen LogP contribution >= 0.6 is 0 Å². The lowest BCUT2D eigenvalue weighted by Gasteiger charge is -2.38. The summed E-state index contributed by atoms with van der Waals surface area (Å²) in [6.45, 7) is 11.7. The number of nitrogens with zero attached hydrogens (tertiary/aromatic N) is 3. The summed E-state index contributed by atoms with van der Waals surface area (Å²) in [5, 5.41) is 3.39. The van der Waals surface area contributed by atoms with Gasteiger partial charge in [0.05, 0.1) is 6.04 Å². The zero-order valence-corrected chi connectivity index (χ0v) is 13.1. The van der Waals surface area contributed by atoms with Gasteiger partial charge in [-0.15, -0.1) is 0 Å². The van der Waals surface area contributed by atoms with Gasteiger partial charge in [-0.2, -0.15) is 0 Å².